The van der Waals surface area contributed by atoms with Gasteiger partial charge in [-0.25, -0.2) is 0 Å². The molecule has 0 N–H and O–H groups in total. The molecule has 1 heteroatoms. The fraction of sp³-hybridized carbons (Fsp3) is 0. The van der Waals surface area contributed by atoms with E-state index < -0.39 is 0 Å². The monoisotopic (exact) mass is 777 g/mol. The molecular formula is C60H43N. The summed E-state index contributed by atoms with van der Waals surface area (Å²) < 4.78 is 0. The second-order valence-corrected chi connectivity index (χ2v) is 15.3. The van der Waals surface area contributed by atoms with Crippen LogP contribution in [0.3, 0.4) is 0 Å². The van der Waals surface area contributed by atoms with Crippen LogP contribution in [0.25, 0.3) is 77.9 Å². The predicted octanol–water partition coefficient (Wildman–Crippen LogP) is 16.8. The third-order valence-electron chi connectivity index (χ3n) is 11.5. The van der Waals surface area contributed by atoms with Gasteiger partial charge in [-0.05, 0) is 109 Å². The van der Waals surface area contributed by atoms with E-state index >= 15 is 0 Å². The molecule has 0 heterocycles. The maximum Gasteiger partial charge on any atom is 0.0540 e. The fourth-order valence-corrected chi connectivity index (χ4v) is 8.57. The molecule has 61 heavy (non-hydrogen) atoms. The van der Waals surface area contributed by atoms with Crippen LogP contribution in [0.2, 0.25) is 0 Å². The summed E-state index contributed by atoms with van der Waals surface area (Å²) >= 11 is 0. The molecule has 0 spiro atoms. The Labute approximate surface area is 359 Å². The molecule has 10 aromatic carbocycles. The van der Waals surface area contributed by atoms with Crippen LogP contribution in [0.15, 0.2) is 261 Å². The number of benzene rings is 10. The summed E-state index contributed by atoms with van der Waals surface area (Å²) in [7, 11) is 0. The molecular weight excluding hydrogens is 735 g/mol. The van der Waals surface area contributed by atoms with Crippen LogP contribution in [0.5, 0.6) is 0 Å². The Morgan fingerprint density at radius 2 is 0.475 bits per heavy atom. The summed E-state index contributed by atoms with van der Waals surface area (Å²) in [6, 6.07) is 94.0. The van der Waals surface area contributed by atoms with Gasteiger partial charge in [-0.2, -0.15) is 0 Å². The van der Waals surface area contributed by atoms with E-state index in [0.29, 0.717) is 0 Å². The third-order valence-corrected chi connectivity index (χ3v) is 11.5. The predicted molar refractivity (Wildman–Crippen MR) is 259 cm³/mol. The molecule has 0 aliphatic carbocycles. The molecule has 0 unspecified atom stereocenters. The Morgan fingerprint density at radius 1 is 0.180 bits per heavy atom. The van der Waals surface area contributed by atoms with Gasteiger partial charge in [-0.3, -0.25) is 0 Å². The molecule has 0 saturated heterocycles. The summed E-state index contributed by atoms with van der Waals surface area (Å²) in [5.41, 5.74) is 19.8. The summed E-state index contributed by atoms with van der Waals surface area (Å²) in [4.78, 5) is 2.44. The lowest BCUT2D eigenvalue weighted by Gasteiger charge is -2.30. The molecule has 10 rings (SSSR count). The first kappa shape index (κ1) is 37.3. The van der Waals surface area contributed by atoms with Gasteiger partial charge in [-0.1, -0.05) is 218 Å². The number of hydrogen-bond donors (Lipinski definition) is 0. The average Bonchev–Trinajstić information content (AvgIpc) is 3.35. The first-order valence-electron chi connectivity index (χ1n) is 20.9. The van der Waals surface area contributed by atoms with Crippen LogP contribution in [-0.4, -0.2) is 0 Å². The van der Waals surface area contributed by atoms with Gasteiger partial charge in [0, 0.05) is 16.8 Å². The quantitative estimate of drug-likeness (QED) is 0.134. The van der Waals surface area contributed by atoms with Crippen molar-refractivity contribution < 1.29 is 0 Å². The van der Waals surface area contributed by atoms with Crippen molar-refractivity contribution in [3.63, 3.8) is 0 Å². The van der Waals surface area contributed by atoms with Gasteiger partial charge in [0.2, 0.25) is 0 Å². The largest absolute Gasteiger partial charge is 0.309 e. The number of hydrogen-bond acceptors (Lipinski definition) is 1. The maximum atomic E-state index is 2.44. The molecule has 0 aliphatic heterocycles. The minimum atomic E-state index is 1.07. The van der Waals surface area contributed by atoms with Crippen molar-refractivity contribution in [1.29, 1.82) is 0 Å². The van der Waals surface area contributed by atoms with Crippen LogP contribution >= 0.6 is 0 Å². The van der Waals surface area contributed by atoms with Gasteiger partial charge in [0.05, 0.1) is 11.4 Å². The highest BCUT2D eigenvalue weighted by Crippen LogP contribution is 2.47. The van der Waals surface area contributed by atoms with E-state index in [-0.39, 0.29) is 0 Å². The molecule has 288 valence electrons. The highest BCUT2D eigenvalue weighted by atomic mass is 15.1. The summed E-state index contributed by atoms with van der Waals surface area (Å²) in [5.74, 6) is 0. The number of anilines is 3. The average molecular weight is 778 g/mol. The molecule has 0 radical (unpaired) electrons. The second-order valence-electron chi connectivity index (χ2n) is 15.3. The number of rotatable bonds is 10. The van der Waals surface area contributed by atoms with Crippen LogP contribution < -0.4 is 4.90 Å². The normalized spacial score (nSPS) is 11.0. The standard InChI is InChI=1S/C60H43N/c1-5-21-44(22-6-1)49-41-50(45-23-7-2-8-24-45)43-51(42-49)46-37-39-52(40-38-46)61(59-35-19-17-30-54(59)48-27-11-4-12-28-48)60-36-20-18-34-58(60)57-33-16-15-32-56(57)55-31-14-13-29-53(55)47-25-9-3-10-26-47/h1-43H. The highest BCUT2D eigenvalue weighted by molar-refractivity contribution is 5.99. The van der Waals surface area contributed by atoms with Gasteiger partial charge >= 0.3 is 0 Å². The van der Waals surface area contributed by atoms with Gasteiger partial charge in [-0.15, -0.1) is 0 Å². The van der Waals surface area contributed by atoms with E-state index in [1.54, 1.807) is 0 Å². The first-order valence-corrected chi connectivity index (χ1v) is 20.9. The van der Waals surface area contributed by atoms with Gasteiger partial charge in [0.25, 0.3) is 0 Å². The van der Waals surface area contributed by atoms with Crippen LogP contribution in [0, 0.1) is 0 Å². The summed E-state index contributed by atoms with van der Waals surface area (Å²) in [6.07, 6.45) is 0. The molecule has 0 aliphatic rings. The lowest BCUT2D eigenvalue weighted by molar-refractivity contribution is 1.28. The van der Waals surface area contributed by atoms with Crippen LogP contribution in [0.1, 0.15) is 0 Å². The van der Waals surface area contributed by atoms with Crippen molar-refractivity contribution in [3.05, 3.63) is 261 Å². The van der Waals surface area contributed by atoms with Gasteiger partial charge < -0.3 is 4.90 Å². The van der Waals surface area contributed by atoms with E-state index in [9.17, 15) is 0 Å². The third kappa shape index (κ3) is 7.69. The molecule has 10 aromatic rings. The fourth-order valence-electron chi connectivity index (χ4n) is 8.57. The number of para-hydroxylation sites is 2. The van der Waals surface area contributed by atoms with Crippen molar-refractivity contribution in [2.24, 2.45) is 0 Å². The molecule has 1 nitrogen and oxygen atoms in total. The lowest BCUT2D eigenvalue weighted by atomic mass is 9.88. The van der Waals surface area contributed by atoms with Crippen molar-refractivity contribution in [1.82, 2.24) is 0 Å². The smallest absolute Gasteiger partial charge is 0.0540 e. The van der Waals surface area contributed by atoms with Crippen LogP contribution in [0.4, 0.5) is 17.1 Å². The minimum Gasteiger partial charge on any atom is -0.309 e. The van der Waals surface area contributed by atoms with Crippen molar-refractivity contribution in [2.45, 2.75) is 0 Å². The number of nitrogens with zero attached hydrogens (tertiary/aromatic N) is 1. The molecule has 0 aromatic heterocycles. The maximum absolute atomic E-state index is 2.44. The van der Waals surface area contributed by atoms with E-state index in [1.807, 2.05) is 0 Å². The van der Waals surface area contributed by atoms with Gasteiger partial charge in [0.15, 0.2) is 0 Å². The summed E-state index contributed by atoms with van der Waals surface area (Å²) in [6.45, 7) is 0. The van der Waals surface area contributed by atoms with Gasteiger partial charge in [0.1, 0.15) is 0 Å². The first-order chi connectivity index (χ1) is 30.3. The van der Waals surface area contributed by atoms with E-state index in [1.165, 1.54) is 61.2 Å². The zero-order valence-corrected chi connectivity index (χ0v) is 33.8. The molecule has 0 amide bonds. The van der Waals surface area contributed by atoms with E-state index in [4.69, 9.17) is 0 Å². The topological polar surface area (TPSA) is 3.24 Å². The molecule has 0 fully saturated rings. The lowest BCUT2D eigenvalue weighted by Crippen LogP contribution is -2.12. The Hall–Kier alpha value is -8.00. The van der Waals surface area contributed by atoms with E-state index in [0.717, 1.165) is 33.8 Å². The Morgan fingerprint density at radius 3 is 0.951 bits per heavy atom. The minimum absolute atomic E-state index is 1.07. The summed E-state index contributed by atoms with van der Waals surface area (Å²) in [5, 5.41) is 0. The molecule has 0 atom stereocenters. The van der Waals surface area contributed by atoms with Crippen molar-refractivity contribution in [2.75, 3.05) is 4.90 Å². The van der Waals surface area contributed by atoms with Crippen molar-refractivity contribution >= 4 is 17.1 Å². The Bertz CT molecular complexity index is 2990. The zero-order chi connectivity index (χ0) is 40.8. The Kier molecular flexibility index (Phi) is 10.4. The zero-order valence-electron chi connectivity index (χ0n) is 33.8. The SMILES string of the molecule is c1ccc(-c2cc(-c3ccccc3)cc(-c3ccc(N(c4ccccc4-c4ccccc4)c4ccccc4-c4ccccc4-c4ccccc4-c4ccccc4)cc3)c2)cc1. The molecule has 0 bridgehead atoms. The second kappa shape index (κ2) is 17.1. The Balaban J connectivity index is 1.14. The highest BCUT2D eigenvalue weighted by Gasteiger charge is 2.22. The van der Waals surface area contributed by atoms with E-state index in [2.05, 4.69) is 266 Å². The van der Waals surface area contributed by atoms with Crippen LogP contribution in [-0.2, 0) is 0 Å². The molecule has 0 saturated carbocycles. The van der Waals surface area contributed by atoms with Crippen molar-refractivity contribution in [3.8, 4) is 77.9 Å².